The van der Waals surface area contributed by atoms with Crippen molar-refractivity contribution in [2.45, 2.75) is 51.6 Å². The minimum absolute atomic E-state index is 0.0386. The SMILES string of the molecule is Cc1cc(C#CC(C)(C)F)cc(C(=O)NC(c2ncn3c2C[C@@H](F)C3)c2[nH]c3ccccc3c2F)n1. The Labute approximate surface area is 206 Å². The molecule has 6 nitrogen and oxygen atoms in total. The summed E-state index contributed by atoms with van der Waals surface area (Å²) < 4.78 is 45.2. The van der Waals surface area contributed by atoms with Gasteiger partial charge in [0, 0.05) is 34.3 Å². The van der Waals surface area contributed by atoms with Crippen LogP contribution in [0.1, 0.15) is 58.7 Å². The average Bonchev–Trinajstić information content (AvgIpc) is 3.48. The normalized spacial score (nSPS) is 15.9. The molecule has 1 aromatic carbocycles. The molecule has 0 spiro atoms. The van der Waals surface area contributed by atoms with Crippen LogP contribution in [0.4, 0.5) is 13.2 Å². The van der Waals surface area contributed by atoms with E-state index in [0.29, 0.717) is 33.5 Å². The van der Waals surface area contributed by atoms with Gasteiger partial charge >= 0.3 is 0 Å². The van der Waals surface area contributed by atoms with Crippen molar-refractivity contribution >= 4 is 16.8 Å². The molecular weight excluding hydrogens is 467 g/mol. The van der Waals surface area contributed by atoms with E-state index in [4.69, 9.17) is 0 Å². The third kappa shape index (κ3) is 4.59. The number of amides is 1. The monoisotopic (exact) mass is 491 g/mol. The largest absolute Gasteiger partial charge is 0.354 e. The van der Waals surface area contributed by atoms with Gasteiger partial charge in [0.15, 0.2) is 11.5 Å². The quantitative estimate of drug-likeness (QED) is 0.406. The van der Waals surface area contributed by atoms with Gasteiger partial charge in [0.1, 0.15) is 17.9 Å². The van der Waals surface area contributed by atoms with Gasteiger partial charge in [-0.3, -0.25) is 4.79 Å². The van der Waals surface area contributed by atoms with Crippen molar-refractivity contribution in [3.63, 3.8) is 0 Å². The predicted octanol–water partition coefficient (Wildman–Crippen LogP) is 4.72. The van der Waals surface area contributed by atoms with Crippen LogP contribution in [-0.2, 0) is 13.0 Å². The summed E-state index contributed by atoms with van der Waals surface area (Å²) in [5.41, 5.74) is 0.907. The van der Waals surface area contributed by atoms with E-state index in [0.717, 1.165) is 0 Å². The van der Waals surface area contributed by atoms with E-state index in [1.165, 1.54) is 26.2 Å². The fourth-order valence-electron chi connectivity index (χ4n) is 4.42. The van der Waals surface area contributed by atoms with E-state index >= 15 is 4.39 Å². The molecule has 2 N–H and O–H groups in total. The minimum atomic E-state index is -1.70. The smallest absolute Gasteiger partial charge is 0.270 e. The molecule has 0 bridgehead atoms. The maximum absolute atomic E-state index is 15.5. The highest BCUT2D eigenvalue weighted by Crippen LogP contribution is 2.33. The second-order valence-corrected chi connectivity index (χ2v) is 9.44. The van der Waals surface area contributed by atoms with Gasteiger partial charge in [-0.05, 0) is 45.0 Å². The molecule has 184 valence electrons. The summed E-state index contributed by atoms with van der Waals surface area (Å²) in [6, 6.07) is 8.94. The number of nitrogens with zero attached hydrogens (tertiary/aromatic N) is 3. The fourth-order valence-corrected chi connectivity index (χ4v) is 4.42. The van der Waals surface area contributed by atoms with Crippen LogP contribution >= 0.6 is 0 Å². The van der Waals surface area contributed by atoms with Crippen LogP contribution in [0.25, 0.3) is 10.9 Å². The highest BCUT2D eigenvalue weighted by atomic mass is 19.1. The Morgan fingerprint density at radius 2 is 2.08 bits per heavy atom. The molecular formula is C27H24F3N5O. The number of benzene rings is 1. The number of fused-ring (bicyclic) bond motifs is 2. The molecule has 4 aromatic rings. The zero-order chi connectivity index (χ0) is 25.6. The van der Waals surface area contributed by atoms with Crippen molar-refractivity contribution in [2.24, 2.45) is 0 Å². The Hall–Kier alpha value is -4.06. The molecule has 0 saturated heterocycles. The summed E-state index contributed by atoms with van der Waals surface area (Å²) in [6.07, 6.45) is 0.539. The standard InChI is InChI=1S/C27H24F3N5O/c1-15-10-16(8-9-27(2,3)30)11-20(32-15)26(36)34-25(23-21-12-17(28)13-35(21)14-31-23)24-22(29)18-6-4-5-7-19(18)33-24/h4-7,10-11,14,17,25,33H,12-13H2,1-3H3,(H,34,36)/t17-,25?/m1/s1. The lowest BCUT2D eigenvalue weighted by atomic mass is 10.0. The Kier molecular flexibility index (Phi) is 5.83. The van der Waals surface area contributed by atoms with E-state index in [2.05, 4.69) is 32.1 Å². The zero-order valence-corrected chi connectivity index (χ0v) is 20.0. The molecule has 36 heavy (non-hydrogen) atoms. The van der Waals surface area contributed by atoms with Crippen molar-refractivity contribution in [3.05, 3.63) is 82.6 Å². The molecule has 0 saturated carbocycles. The van der Waals surface area contributed by atoms with Crippen LogP contribution in [0.5, 0.6) is 0 Å². The lowest BCUT2D eigenvalue weighted by molar-refractivity contribution is 0.0936. The van der Waals surface area contributed by atoms with E-state index in [-0.39, 0.29) is 24.4 Å². The first-order chi connectivity index (χ1) is 17.1. The number of pyridine rings is 1. The number of rotatable bonds is 4. The molecule has 1 unspecified atom stereocenters. The minimum Gasteiger partial charge on any atom is -0.354 e. The van der Waals surface area contributed by atoms with Gasteiger partial charge in [-0.2, -0.15) is 0 Å². The zero-order valence-electron chi connectivity index (χ0n) is 20.0. The van der Waals surface area contributed by atoms with E-state index in [1.807, 2.05) is 0 Å². The lowest BCUT2D eigenvalue weighted by Gasteiger charge is -2.18. The number of alkyl halides is 2. The summed E-state index contributed by atoms with van der Waals surface area (Å²) in [5.74, 6) is 4.10. The van der Waals surface area contributed by atoms with E-state index in [1.54, 1.807) is 41.8 Å². The number of halogens is 3. The van der Waals surface area contributed by atoms with Crippen molar-refractivity contribution in [1.29, 1.82) is 0 Å². The summed E-state index contributed by atoms with van der Waals surface area (Å²) >= 11 is 0. The first-order valence-corrected chi connectivity index (χ1v) is 11.5. The van der Waals surface area contributed by atoms with E-state index in [9.17, 15) is 13.6 Å². The molecule has 2 atom stereocenters. The van der Waals surface area contributed by atoms with Crippen LogP contribution in [0.2, 0.25) is 0 Å². The Balaban J connectivity index is 1.56. The van der Waals surface area contributed by atoms with Gasteiger partial charge < -0.3 is 14.9 Å². The van der Waals surface area contributed by atoms with Crippen molar-refractivity contribution in [1.82, 2.24) is 24.8 Å². The summed E-state index contributed by atoms with van der Waals surface area (Å²) in [7, 11) is 0. The van der Waals surface area contributed by atoms with Crippen LogP contribution in [0.15, 0.2) is 42.7 Å². The number of hydrogen-bond donors (Lipinski definition) is 2. The number of imidazole rings is 1. The van der Waals surface area contributed by atoms with Gasteiger partial charge in [0.25, 0.3) is 5.91 Å². The number of aromatic nitrogens is 4. The maximum Gasteiger partial charge on any atom is 0.270 e. The van der Waals surface area contributed by atoms with Crippen LogP contribution in [0, 0.1) is 24.6 Å². The van der Waals surface area contributed by atoms with Crippen molar-refractivity contribution < 1.29 is 18.0 Å². The predicted molar refractivity (Wildman–Crippen MR) is 129 cm³/mol. The van der Waals surface area contributed by atoms with Gasteiger partial charge in [-0.1, -0.05) is 24.0 Å². The number of aryl methyl sites for hydroxylation is 1. The van der Waals surface area contributed by atoms with Crippen molar-refractivity contribution in [2.75, 3.05) is 0 Å². The molecule has 0 fully saturated rings. The molecule has 3 aromatic heterocycles. The summed E-state index contributed by atoms with van der Waals surface area (Å²) in [6.45, 7) is 4.53. The molecule has 9 heteroatoms. The molecule has 1 aliphatic heterocycles. The van der Waals surface area contributed by atoms with Gasteiger partial charge in [-0.15, -0.1) is 0 Å². The Bertz CT molecular complexity index is 1540. The second kappa shape index (κ2) is 8.86. The molecule has 4 heterocycles. The lowest BCUT2D eigenvalue weighted by Crippen LogP contribution is -2.32. The molecule has 5 rings (SSSR count). The number of aromatic amines is 1. The maximum atomic E-state index is 15.5. The third-order valence-electron chi connectivity index (χ3n) is 5.99. The van der Waals surface area contributed by atoms with Gasteiger partial charge in [-0.25, -0.2) is 23.1 Å². The number of hydrogen-bond acceptors (Lipinski definition) is 3. The number of nitrogens with one attached hydrogen (secondary N) is 2. The average molecular weight is 492 g/mol. The first-order valence-electron chi connectivity index (χ1n) is 11.5. The summed E-state index contributed by atoms with van der Waals surface area (Å²) in [4.78, 5) is 25.1. The first kappa shape index (κ1) is 23.7. The molecule has 1 amide bonds. The number of para-hydroxylation sites is 1. The fraction of sp³-hybridized carbons (Fsp3) is 0.296. The second-order valence-electron chi connectivity index (χ2n) is 9.44. The Morgan fingerprint density at radius 1 is 1.31 bits per heavy atom. The highest BCUT2D eigenvalue weighted by Gasteiger charge is 2.33. The summed E-state index contributed by atoms with van der Waals surface area (Å²) in [5, 5.41) is 3.20. The number of carbonyl (C=O) groups excluding carboxylic acids is 1. The number of H-pyrrole nitrogens is 1. The van der Waals surface area contributed by atoms with Crippen LogP contribution in [-0.4, -0.2) is 37.3 Å². The topological polar surface area (TPSA) is 75.6 Å². The Morgan fingerprint density at radius 3 is 2.83 bits per heavy atom. The third-order valence-corrected chi connectivity index (χ3v) is 5.99. The molecule has 0 radical (unpaired) electrons. The van der Waals surface area contributed by atoms with Gasteiger partial charge in [0.05, 0.1) is 24.3 Å². The van der Waals surface area contributed by atoms with E-state index < -0.39 is 29.6 Å². The van der Waals surface area contributed by atoms with Gasteiger partial charge in [0.2, 0.25) is 0 Å². The molecule has 0 aliphatic carbocycles. The molecule has 1 aliphatic rings. The van der Waals surface area contributed by atoms with Crippen LogP contribution < -0.4 is 5.32 Å². The van der Waals surface area contributed by atoms with Crippen LogP contribution in [0.3, 0.4) is 0 Å². The highest BCUT2D eigenvalue weighted by molar-refractivity contribution is 5.93. The van der Waals surface area contributed by atoms with Crippen molar-refractivity contribution in [3.8, 4) is 11.8 Å². The number of carbonyl (C=O) groups is 1.